The molecule has 0 bridgehead atoms. The van der Waals surface area contributed by atoms with E-state index in [1.165, 1.54) is 5.54 Å². The first-order valence-corrected chi connectivity index (χ1v) is 9.52. The monoisotopic (exact) mass is 252 g/mol. The maximum atomic E-state index is 5.36. The zero-order valence-corrected chi connectivity index (χ0v) is 7.56. The van der Waals surface area contributed by atoms with Crippen LogP contribution >= 0.6 is 29.3 Å². The minimum atomic E-state index is -1.88. The van der Waals surface area contributed by atoms with Crippen molar-refractivity contribution in [3.8, 4) is 0 Å². The summed E-state index contributed by atoms with van der Waals surface area (Å²) in [5, 5.41) is 0. The van der Waals surface area contributed by atoms with Gasteiger partial charge in [0.25, 0.3) is 0 Å². The Labute approximate surface area is 56.4 Å². The Morgan fingerprint density at radius 1 is 1.33 bits per heavy atom. The standard InChI is InChI=1S/C2H2Cl.2ClH.Sb/c1-2-3;;;/h1-2H;2*1H;/q;;;+2/p-2. The average molecular weight is 254 g/mol. The fraction of sp³-hybridized carbons (Fsp3) is 0. The van der Waals surface area contributed by atoms with Crippen LogP contribution in [0, 0.1) is 0 Å². The van der Waals surface area contributed by atoms with Crippen LogP contribution in [0.2, 0.25) is 0 Å². The van der Waals surface area contributed by atoms with Gasteiger partial charge in [-0.25, -0.2) is 0 Å². The third-order valence-electron chi connectivity index (χ3n) is 0.169. The molecule has 6 heavy (non-hydrogen) atoms. The van der Waals surface area contributed by atoms with Gasteiger partial charge in [0.15, 0.2) is 0 Å². The third kappa shape index (κ3) is 5.43. The molecular weight excluding hydrogens is 252 g/mol. The molecular formula is C2H2Cl3Sb. The van der Waals surface area contributed by atoms with Crippen LogP contribution in [0.5, 0.6) is 0 Å². The molecule has 0 radical (unpaired) electrons. The molecule has 4 heteroatoms. The summed E-state index contributed by atoms with van der Waals surface area (Å²) < 4.78 is 1.65. The molecule has 0 atom stereocenters. The maximum absolute atomic E-state index is 5.36. The van der Waals surface area contributed by atoms with E-state index in [-0.39, 0.29) is 0 Å². The number of halogens is 3. The van der Waals surface area contributed by atoms with Gasteiger partial charge in [-0.3, -0.25) is 0 Å². The molecule has 36 valence electrons. The fourth-order valence-corrected chi connectivity index (χ4v) is 2.57. The summed E-state index contributed by atoms with van der Waals surface area (Å²) in [5.41, 5.74) is 1.36. The topological polar surface area (TPSA) is 0 Å². The van der Waals surface area contributed by atoms with E-state index >= 15 is 0 Å². The Morgan fingerprint density at radius 3 is 1.83 bits per heavy atom. The van der Waals surface area contributed by atoms with Crippen LogP contribution < -0.4 is 0 Å². The van der Waals surface area contributed by atoms with Crippen LogP contribution in [-0.2, 0) is 0 Å². The SMILES string of the molecule is Cl/C=[CH]/[Sb]([Cl])[Cl]. The average Bonchev–Trinajstić information content (AvgIpc) is 1.35. The van der Waals surface area contributed by atoms with Gasteiger partial charge in [0.2, 0.25) is 0 Å². The molecule has 0 aliphatic heterocycles. The van der Waals surface area contributed by atoms with E-state index in [0.717, 1.165) is 0 Å². The summed E-state index contributed by atoms with van der Waals surface area (Å²) in [5.74, 6) is 0. The Bertz CT molecular complexity index is 50.8. The van der Waals surface area contributed by atoms with Crippen LogP contribution in [0.3, 0.4) is 0 Å². The van der Waals surface area contributed by atoms with Crippen molar-refractivity contribution in [1.29, 1.82) is 0 Å². The van der Waals surface area contributed by atoms with Crippen molar-refractivity contribution in [3.63, 3.8) is 0 Å². The number of hydrogen-bond donors (Lipinski definition) is 0. The van der Waals surface area contributed by atoms with E-state index in [0.29, 0.717) is 0 Å². The molecule has 0 amide bonds. The third-order valence-corrected chi connectivity index (χ3v) is 3.40. The van der Waals surface area contributed by atoms with Crippen molar-refractivity contribution in [3.05, 3.63) is 9.56 Å². The van der Waals surface area contributed by atoms with Gasteiger partial charge in [0.05, 0.1) is 0 Å². The normalized spacial score (nSPS) is 11.3. The second kappa shape index (κ2) is 4.58. The molecule has 0 nitrogen and oxygen atoms in total. The Hall–Kier alpha value is 1.43. The number of hydrogen-bond acceptors (Lipinski definition) is 0. The van der Waals surface area contributed by atoms with Crippen LogP contribution in [0.25, 0.3) is 0 Å². The summed E-state index contributed by atoms with van der Waals surface area (Å²) in [6, 6.07) is 0. The molecule has 0 aromatic rings. The van der Waals surface area contributed by atoms with Gasteiger partial charge in [-0.15, -0.1) is 0 Å². The zero-order chi connectivity index (χ0) is 4.99. The Morgan fingerprint density at radius 2 is 1.83 bits per heavy atom. The predicted molar refractivity (Wildman–Crippen MR) is 32.5 cm³/mol. The van der Waals surface area contributed by atoms with Crippen molar-refractivity contribution in [2.24, 2.45) is 0 Å². The van der Waals surface area contributed by atoms with Crippen LogP contribution in [-0.4, -0.2) is 17.9 Å². The number of rotatable bonds is 1. The van der Waals surface area contributed by atoms with Crippen molar-refractivity contribution >= 4 is 47.2 Å². The molecule has 0 rings (SSSR count). The van der Waals surface area contributed by atoms with E-state index in [4.69, 9.17) is 29.3 Å². The van der Waals surface area contributed by atoms with Gasteiger partial charge in [0.1, 0.15) is 0 Å². The van der Waals surface area contributed by atoms with Gasteiger partial charge >= 0.3 is 56.7 Å². The molecule has 0 aliphatic carbocycles. The second-order valence-corrected chi connectivity index (χ2v) is 9.16. The van der Waals surface area contributed by atoms with Crippen molar-refractivity contribution in [2.75, 3.05) is 0 Å². The summed E-state index contributed by atoms with van der Waals surface area (Å²) in [6.07, 6.45) is 0. The van der Waals surface area contributed by atoms with E-state index in [2.05, 4.69) is 0 Å². The molecule has 0 aromatic heterocycles. The molecule has 0 saturated carbocycles. The summed E-state index contributed by atoms with van der Waals surface area (Å²) in [6.45, 7) is 0. The Balaban J connectivity index is 3.03. The Kier molecular flexibility index (Phi) is 5.67. The van der Waals surface area contributed by atoms with Crippen LogP contribution in [0.15, 0.2) is 9.56 Å². The van der Waals surface area contributed by atoms with Crippen molar-refractivity contribution < 1.29 is 0 Å². The van der Waals surface area contributed by atoms with E-state index < -0.39 is 17.9 Å². The van der Waals surface area contributed by atoms with Gasteiger partial charge in [-0.1, -0.05) is 0 Å². The molecule has 0 aliphatic rings. The summed E-state index contributed by atoms with van der Waals surface area (Å²) in [4.78, 5) is 0. The predicted octanol–water partition coefficient (Wildman–Crippen LogP) is 2.24. The van der Waals surface area contributed by atoms with Gasteiger partial charge in [-0.2, -0.15) is 0 Å². The molecule has 0 spiro atoms. The molecule has 0 unspecified atom stereocenters. The second-order valence-electron chi connectivity index (χ2n) is 0.534. The summed E-state index contributed by atoms with van der Waals surface area (Å²) in [7, 11) is 10.7. The van der Waals surface area contributed by atoms with Gasteiger partial charge in [-0.05, 0) is 0 Å². The van der Waals surface area contributed by atoms with Crippen molar-refractivity contribution in [1.82, 2.24) is 0 Å². The molecule has 0 N–H and O–H groups in total. The minimum absolute atomic E-state index is 1.36. The van der Waals surface area contributed by atoms with E-state index in [1.807, 2.05) is 0 Å². The molecule has 0 saturated heterocycles. The summed E-state index contributed by atoms with van der Waals surface area (Å²) >= 11 is 3.21. The van der Waals surface area contributed by atoms with Gasteiger partial charge < -0.3 is 0 Å². The van der Waals surface area contributed by atoms with E-state index in [1.54, 1.807) is 4.02 Å². The zero-order valence-electron chi connectivity index (χ0n) is 2.74. The van der Waals surface area contributed by atoms with Crippen LogP contribution in [0.4, 0.5) is 0 Å². The molecule has 0 aromatic carbocycles. The van der Waals surface area contributed by atoms with Gasteiger partial charge in [0, 0.05) is 0 Å². The first-order chi connectivity index (χ1) is 2.77. The van der Waals surface area contributed by atoms with E-state index in [9.17, 15) is 0 Å². The fourth-order valence-electron chi connectivity index (χ4n) is 0.0426. The van der Waals surface area contributed by atoms with Crippen LogP contribution in [0.1, 0.15) is 0 Å². The van der Waals surface area contributed by atoms with Crippen molar-refractivity contribution in [2.45, 2.75) is 0 Å². The first kappa shape index (κ1) is 7.43. The molecule has 0 heterocycles. The quantitative estimate of drug-likeness (QED) is 0.629. The molecule has 0 fully saturated rings. The first-order valence-electron chi connectivity index (χ1n) is 1.15.